The van der Waals surface area contributed by atoms with Crippen molar-refractivity contribution in [3.8, 4) is 17.1 Å². The normalized spacial score (nSPS) is 10.6. The predicted octanol–water partition coefficient (Wildman–Crippen LogP) is 4.04. The summed E-state index contributed by atoms with van der Waals surface area (Å²) in [6.07, 6.45) is 0. The van der Waals surface area contributed by atoms with Crippen molar-refractivity contribution < 1.29 is 9.26 Å². The first-order chi connectivity index (χ1) is 11.1. The highest BCUT2D eigenvalue weighted by Gasteiger charge is 2.09. The molecule has 0 saturated heterocycles. The van der Waals surface area contributed by atoms with Crippen LogP contribution in [0.1, 0.15) is 5.89 Å². The van der Waals surface area contributed by atoms with Crippen LogP contribution in [0.3, 0.4) is 0 Å². The van der Waals surface area contributed by atoms with Gasteiger partial charge in [-0.15, -0.1) is 0 Å². The second-order valence-corrected chi connectivity index (χ2v) is 5.63. The second kappa shape index (κ2) is 6.71. The lowest BCUT2D eigenvalue weighted by Gasteiger charge is -2.11. The molecule has 0 atom stereocenters. The molecule has 1 heterocycles. The fraction of sp³-hybridized carbons (Fsp3) is 0.176. The van der Waals surface area contributed by atoms with Crippen LogP contribution in [0.25, 0.3) is 11.4 Å². The van der Waals surface area contributed by atoms with Gasteiger partial charge in [-0.1, -0.05) is 16.8 Å². The first-order valence-corrected chi connectivity index (χ1v) is 7.48. The van der Waals surface area contributed by atoms with Crippen LogP contribution in [0, 0.1) is 0 Å². The molecule has 23 heavy (non-hydrogen) atoms. The number of halogens is 1. The highest BCUT2D eigenvalue weighted by molar-refractivity contribution is 6.30. The van der Waals surface area contributed by atoms with Crippen LogP contribution in [-0.4, -0.2) is 24.2 Å². The largest absolute Gasteiger partial charge is 0.484 e. The number of aromatic nitrogens is 2. The average Bonchev–Trinajstić information content (AvgIpc) is 3.03. The molecule has 118 valence electrons. The van der Waals surface area contributed by atoms with E-state index in [4.69, 9.17) is 20.9 Å². The van der Waals surface area contributed by atoms with Gasteiger partial charge in [-0.05, 0) is 48.5 Å². The molecule has 5 nitrogen and oxygen atoms in total. The maximum atomic E-state index is 5.83. The lowest BCUT2D eigenvalue weighted by molar-refractivity contribution is 0.243. The smallest absolute Gasteiger partial charge is 0.264 e. The van der Waals surface area contributed by atoms with Crippen molar-refractivity contribution in [3.05, 3.63) is 59.4 Å². The third-order valence-electron chi connectivity index (χ3n) is 3.29. The molecule has 0 aliphatic rings. The van der Waals surface area contributed by atoms with Crippen molar-refractivity contribution in [2.24, 2.45) is 0 Å². The van der Waals surface area contributed by atoms with E-state index in [-0.39, 0.29) is 6.61 Å². The number of rotatable bonds is 5. The lowest BCUT2D eigenvalue weighted by atomic mass is 10.2. The molecule has 6 heteroatoms. The number of anilines is 1. The molecule has 3 aromatic rings. The molecular weight excluding hydrogens is 314 g/mol. The van der Waals surface area contributed by atoms with Crippen LogP contribution in [0.4, 0.5) is 5.69 Å². The first kappa shape index (κ1) is 15.4. The fourth-order valence-corrected chi connectivity index (χ4v) is 2.14. The summed E-state index contributed by atoms with van der Waals surface area (Å²) in [7, 11) is 3.99. The van der Waals surface area contributed by atoms with Gasteiger partial charge in [-0.2, -0.15) is 4.98 Å². The van der Waals surface area contributed by atoms with Crippen LogP contribution < -0.4 is 9.64 Å². The SMILES string of the molecule is CN(C)c1ccc(-c2noc(COc3ccc(Cl)cc3)n2)cc1. The van der Waals surface area contributed by atoms with Crippen LogP contribution in [0.2, 0.25) is 5.02 Å². The molecule has 0 fully saturated rings. The standard InChI is InChI=1S/C17H16ClN3O2/c1-21(2)14-7-3-12(4-8-14)17-19-16(23-20-17)11-22-15-9-5-13(18)6-10-15/h3-10H,11H2,1-2H3. The Bertz CT molecular complexity index is 767. The zero-order chi connectivity index (χ0) is 16.2. The van der Waals surface area contributed by atoms with Gasteiger partial charge < -0.3 is 14.2 Å². The molecule has 0 radical (unpaired) electrons. The topological polar surface area (TPSA) is 51.4 Å². The number of hydrogen-bond acceptors (Lipinski definition) is 5. The van der Waals surface area contributed by atoms with Crippen LogP contribution in [-0.2, 0) is 6.61 Å². The van der Waals surface area contributed by atoms with Gasteiger partial charge >= 0.3 is 0 Å². The summed E-state index contributed by atoms with van der Waals surface area (Å²) in [5, 5.41) is 4.65. The highest BCUT2D eigenvalue weighted by Crippen LogP contribution is 2.21. The Kier molecular flexibility index (Phi) is 4.48. The van der Waals surface area contributed by atoms with Crippen molar-refractivity contribution >= 4 is 17.3 Å². The summed E-state index contributed by atoms with van der Waals surface area (Å²) in [6.45, 7) is 0.213. The van der Waals surface area contributed by atoms with Gasteiger partial charge in [0.15, 0.2) is 6.61 Å². The summed E-state index contributed by atoms with van der Waals surface area (Å²) in [6, 6.07) is 15.1. The number of benzene rings is 2. The minimum atomic E-state index is 0.213. The van der Waals surface area contributed by atoms with E-state index in [0.717, 1.165) is 11.3 Å². The Morgan fingerprint density at radius 3 is 2.39 bits per heavy atom. The second-order valence-electron chi connectivity index (χ2n) is 5.20. The maximum absolute atomic E-state index is 5.83. The van der Waals surface area contributed by atoms with E-state index in [9.17, 15) is 0 Å². The van der Waals surface area contributed by atoms with Gasteiger partial charge in [-0.3, -0.25) is 0 Å². The quantitative estimate of drug-likeness (QED) is 0.707. The molecule has 0 unspecified atom stereocenters. The average molecular weight is 330 g/mol. The number of ether oxygens (including phenoxy) is 1. The molecule has 2 aromatic carbocycles. The Morgan fingerprint density at radius 2 is 1.74 bits per heavy atom. The highest BCUT2D eigenvalue weighted by atomic mass is 35.5. The van der Waals surface area contributed by atoms with Crippen LogP contribution in [0.15, 0.2) is 53.1 Å². The van der Waals surface area contributed by atoms with Crippen molar-refractivity contribution in [1.29, 1.82) is 0 Å². The molecule has 0 aliphatic heterocycles. The fourth-order valence-electron chi connectivity index (χ4n) is 2.02. The third kappa shape index (κ3) is 3.81. The molecule has 0 spiro atoms. The van der Waals surface area contributed by atoms with Crippen LogP contribution in [0.5, 0.6) is 5.75 Å². The van der Waals surface area contributed by atoms with E-state index in [0.29, 0.717) is 22.5 Å². The zero-order valence-electron chi connectivity index (χ0n) is 12.9. The first-order valence-electron chi connectivity index (χ1n) is 7.10. The van der Waals surface area contributed by atoms with Crippen molar-refractivity contribution in [1.82, 2.24) is 10.1 Å². The van der Waals surface area contributed by atoms with Gasteiger partial charge in [0, 0.05) is 30.4 Å². The molecule has 0 amide bonds. The van der Waals surface area contributed by atoms with E-state index in [1.54, 1.807) is 24.3 Å². The molecule has 0 saturated carbocycles. The lowest BCUT2D eigenvalue weighted by Crippen LogP contribution is -2.07. The maximum Gasteiger partial charge on any atom is 0.264 e. The van der Waals surface area contributed by atoms with E-state index in [2.05, 4.69) is 10.1 Å². The Morgan fingerprint density at radius 1 is 1.04 bits per heavy atom. The van der Waals surface area contributed by atoms with Gasteiger partial charge in [0.05, 0.1) is 0 Å². The number of hydrogen-bond donors (Lipinski definition) is 0. The van der Waals surface area contributed by atoms with E-state index in [1.807, 2.05) is 43.3 Å². The Labute approximate surface area is 139 Å². The molecule has 0 aliphatic carbocycles. The summed E-state index contributed by atoms with van der Waals surface area (Å²) in [5.74, 6) is 1.67. The Hall–Kier alpha value is -2.53. The summed E-state index contributed by atoms with van der Waals surface area (Å²) < 4.78 is 10.8. The molecule has 0 N–H and O–H groups in total. The third-order valence-corrected chi connectivity index (χ3v) is 3.54. The van der Waals surface area contributed by atoms with Crippen LogP contribution >= 0.6 is 11.6 Å². The number of nitrogens with zero attached hydrogens (tertiary/aromatic N) is 3. The monoisotopic (exact) mass is 329 g/mol. The minimum absolute atomic E-state index is 0.213. The molecule has 1 aromatic heterocycles. The van der Waals surface area contributed by atoms with Gasteiger partial charge in [-0.25, -0.2) is 0 Å². The molecule has 3 rings (SSSR count). The molecule has 0 bridgehead atoms. The van der Waals surface area contributed by atoms with Gasteiger partial charge in [0.1, 0.15) is 5.75 Å². The van der Waals surface area contributed by atoms with Gasteiger partial charge in [0.2, 0.25) is 5.82 Å². The van der Waals surface area contributed by atoms with Crippen molar-refractivity contribution in [2.75, 3.05) is 19.0 Å². The predicted molar refractivity (Wildman–Crippen MR) is 89.8 cm³/mol. The summed E-state index contributed by atoms with van der Waals surface area (Å²) in [4.78, 5) is 6.38. The Balaban J connectivity index is 1.66. The van der Waals surface area contributed by atoms with Gasteiger partial charge in [0.25, 0.3) is 5.89 Å². The summed E-state index contributed by atoms with van der Waals surface area (Å²) in [5.41, 5.74) is 2.01. The summed E-state index contributed by atoms with van der Waals surface area (Å²) >= 11 is 5.83. The van der Waals surface area contributed by atoms with E-state index < -0.39 is 0 Å². The molecular formula is C17H16ClN3O2. The minimum Gasteiger partial charge on any atom is -0.484 e. The van der Waals surface area contributed by atoms with Crippen molar-refractivity contribution in [3.63, 3.8) is 0 Å². The van der Waals surface area contributed by atoms with E-state index in [1.165, 1.54) is 0 Å². The zero-order valence-corrected chi connectivity index (χ0v) is 13.6. The van der Waals surface area contributed by atoms with E-state index >= 15 is 0 Å². The van der Waals surface area contributed by atoms with Crippen molar-refractivity contribution in [2.45, 2.75) is 6.61 Å².